The lowest BCUT2D eigenvalue weighted by molar-refractivity contribution is -0.114. The van der Waals surface area contributed by atoms with E-state index in [2.05, 4.69) is 10.2 Å². The summed E-state index contributed by atoms with van der Waals surface area (Å²) in [6.45, 7) is 5.18. The Morgan fingerprint density at radius 1 is 1.30 bits per heavy atom. The number of nitrogens with one attached hydrogen (secondary N) is 1. The van der Waals surface area contributed by atoms with Gasteiger partial charge in [-0.2, -0.15) is 0 Å². The minimum Gasteiger partial charge on any atom is -0.395 e. The molecule has 1 aromatic heterocycles. The first kappa shape index (κ1) is 15.0. The third kappa shape index (κ3) is 3.78. The summed E-state index contributed by atoms with van der Waals surface area (Å²) in [5.74, 6) is -0.126. The van der Waals surface area contributed by atoms with Crippen molar-refractivity contribution >= 4 is 28.2 Å². The van der Waals surface area contributed by atoms with E-state index in [4.69, 9.17) is 5.11 Å². The maximum Gasteiger partial charge on any atom is 0.264 e. The van der Waals surface area contributed by atoms with Crippen LogP contribution in [0.4, 0.5) is 5.00 Å². The van der Waals surface area contributed by atoms with Gasteiger partial charge in [0.2, 0.25) is 5.91 Å². The zero-order chi connectivity index (χ0) is 14.5. The highest BCUT2D eigenvalue weighted by molar-refractivity contribution is 7.18. The minimum absolute atomic E-state index is 0.00949. The monoisotopic (exact) mass is 297 g/mol. The Kier molecular flexibility index (Phi) is 5.11. The van der Waals surface area contributed by atoms with Crippen molar-refractivity contribution in [1.82, 2.24) is 9.80 Å². The molecule has 0 spiro atoms. The van der Waals surface area contributed by atoms with Gasteiger partial charge in [0.1, 0.15) is 0 Å². The number of piperazine rings is 1. The van der Waals surface area contributed by atoms with Gasteiger partial charge in [-0.15, -0.1) is 11.3 Å². The molecule has 2 N–H and O–H groups in total. The molecule has 0 aliphatic carbocycles. The third-order valence-corrected chi connectivity index (χ3v) is 4.18. The van der Waals surface area contributed by atoms with Gasteiger partial charge in [-0.05, 0) is 12.1 Å². The molecule has 1 aliphatic heterocycles. The first-order valence-corrected chi connectivity index (χ1v) is 7.41. The lowest BCUT2D eigenvalue weighted by Gasteiger charge is -2.34. The Bertz CT molecular complexity index is 481. The first-order valence-electron chi connectivity index (χ1n) is 6.60. The van der Waals surface area contributed by atoms with Crippen molar-refractivity contribution in [1.29, 1.82) is 0 Å². The molecule has 2 heterocycles. The number of β-amino-alcohol motifs (C(OH)–C–C–N with tert-alkyl or cyclic N) is 1. The SMILES string of the molecule is CC(=O)Nc1ccc(C(=O)N2CCN(CCO)CC2)s1. The van der Waals surface area contributed by atoms with Crippen LogP contribution in [0, 0.1) is 0 Å². The second kappa shape index (κ2) is 6.83. The van der Waals surface area contributed by atoms with E-state index in [0.717, 1.165) is 13.1 Å². The van der Waals surface area contributed by atoms with Crippen LogP contribution in [0.1, 0.15) is 16.6 Å². The molecule has 0 atom stereocenters. The van der Waals surface area contributed by atoms with Crippen LogP contribution >= 0.6 is 11.3 Å². The number of carbonyl (C=O) groups excluding carboxylic acids is 2. The standard InChI is InChI=1S/C13H19N3O3S/c1-10(18)14-12-3-2-11(20-12)13(19)16-6-4-15(5-7-16)8-9-17/h2-3,17H,4-9H2,1H3,(H,14,18). The Hall–Kier alpha value is -1.44. The van der Waals surface area contributed by atoms with Gasteiger partial charge in [-0.3, -0.25) is 14.5 Å². The number of aliphatic hydroxyl groups excluding tert-OH is 1. The van der Waals surface area contributed by atoms with E-state index in [9.17, 15) is 9.59 Å². The third-order valence-electron chi connectivity index (χ3n) is 3.19. The number of thiophene rings is 1. The molecule has 6 nitrogen and oxygen atoms in total. The molecule has 0 radical (unpaired) electrons. The van der Waals surface area contributed by atoms with E-state index in [1.807, 2.05) is 4.90 Å². The predicted octanol–water partition coefficient (Wildman–Crippen LogP) is 0.457. The van der Waals surface area contributed by atoms with Crippen molar-refractivity contribution in [2.75, 3.05) is 44.6 Å². The summed E-state index contributed by atoms with van der Waals surface area (Å²) in [4.78, 5) is 27.9. The van der Waals surface area contributed by atoms with Crippen LogP contribution in [0.25, 0.3) is 0 Å². The molecule has 1 aliphatic rings. The molecule has 1 aromatic rings. The molecule has 0 saturated carbocycles. The smallest absolute Gasteiger partial charge is 0.264 e. The molecular weight excluding hydrogens is 278 g/mol. The maximum atomic E-state index is 12.3. The molecule has 0 bridgehead atoms. The zero-order valence-corrected chi connectivity index (χ0v) is 12.3. The van der Waals surface area contributed by atoms with Crippen molar-refractivity contribution in [3.8, 4) is 0 Å². The molecule has 1 fully saturated rings. The van der Waals surface area contributed by atoms with Crippen LogP contribution in [0.2, 0.25) is 0 Å². The highest BCUT2D eigenvalue weighted by Crippen LogP contribution is 2.23. The molecule has 0 aromatic carbocycles. The number of aliphatic hydroxyl groups is 1. The molecule has 1 saturated heterocycles. The van der Waals surface area contributed by atoms with Crippen LogP contribution in [0.15, 0.2) is 12.1 Å². The Morgan fingerprint density at radius 2 is 2.00 bits per heavy atom. The summed E-state index contributed by atoms with van der Waals surface area (Å²) in [6.07, 6.45) is 0. The van der Waals surface area contributed by atoms with Crippen LogP contribution in [0.5, 0.6) is 0 Å². The van der Waals surface area contributed by atoms with E-state index in [1.54, 1.807) is 12.1 Å². The quantitative estimate of drug-likeness (QED) is 0.847. The summed E-state index contributed by atoms with van der Waals surface area (Å²) in [6, 6.07) is 3.50. The number of rotatable bonds is 4. The Morgan fingerprint density at radius 3 is 2.60 bits per heavy atom. The fourth-order valence-electron chi connectivity index (χ4n) is 2.17. The van der Waals surface area contributed by atoms with Crippen molar-refractivity contribution in [2.24, 2.45) is 0 Å². The molecule has 0 unspecified atom stereocenters. The van der Waals surface area contributed by atoms with E-state index in [-0.39, 0.29) is 18.4 Å². The summed E-state index contributed by atoms with van der Waals surface area (Å²) in [7, 11) is 0. The molecular formula is C13H19N3O3S. The largest absolute Gasteiger partial charge is 0.395 e. The molecule has 2 rings (SSSR count). The number of anilines is 1. The topological polar surface area (TPSA) is 72.9 Å². The van der Waals surface area contributed by atoms with E-state index < -0.39 is 0 Å². The van der Waals surface area contributed by atoms with Crippen LogP contribution in [0.3, 0.4) is 0 Å². The van der Waals surface area contributed by atoms with Crippen LogP contribution < -0.4 is 5.32 Å². The molecule has 2 amide bonds. The Labute approximate surface area is 122 Å². The van der Waals surface area contributed by atoms with Gasteiger partial charge in [0, 0.05) is 39.6 Å². The van der Waals surface area contributed by atoms with Gasteiger partial charge in [0.25, 0.3) is 5.91 Å². The van der Waals surface area contributed by atoms with Gasteiger partial charge in [0.05, 0.1) is 16.5 Å². The highest BCUT2D eigenvalue weighted by Gasteiger charge is 2.22. The summed E-state index contributed by atoms with van der Waals surface area (Å²) in [5, 5.41) is 12.3. The van der Waals surface area contributed by atoms with Crippen molar-refractivity contribution in [2.45, 2.75) is 6.92 Å². The molecule has 110 valence electrons. The number of hydrogen-bond donors (Lipinski definition) is 2. The zero-order valence-electron chi connectivity index (χ0n) is 11.5. The summed E-state index contributed by atoms with van der Waals surface area (Å²) in [5.41, 5.74) is 0. The van der Waals surface area contributed by atoms with E-state index in [0.29, 0.717) is 29.5 Å². The maximum absolute atomic E-state index is 12.3. The van der Waals surface area contributed by atoms with E-state index in [1.165, 1.54) is 18.3 Å². The highest BCUT2D eigenvalue weighted by atomic mass is 32.1. The number of nitrogens with zero attached hydrogens (tertiary/aromatic N) is 2. The number of carbonyl (C=O) groups is 2. The normalized spacial score (nSPS) is 16.2. The first-order chi connectivity index (χ1) is 9.60. The molecule has 20 heavy (non-hydrogen) atoms. The lowest BCUT2D eigenvalue weighted by atomic mass is 10.3. The van der Waals surface area contributed by atoms with Gasteiger partial charge in [-0.1, -0.05) is 0 Å². The molecule has 7 heteroatoms. The van der Waals surface area contributed by atoms with Gasteiger partial charge >= 0.3 is 0 Å². The van der Waals surface area contributed by atoms with E-state index >= 15 is 0 Å². The van der Waals surface area contributed by atoms with Gasteiger partial charge < -0.3 is 15.3 Å². The predicted molar refractivity (Wildman–Crippen MR) is 78.1 cm³/mol. The minimum atomic E-state index is -0.136. The lowest BCUT2D eigenvalue weighted by Crippen LogP contribution is -2.49. The Balaban J connectivity index is 1.91. The van der Waals surface area contributed by atoms with Crippen LogP contribution in [-0.2, 0) is 4.79 Å². The average Bonchev–Trinajstić information content (AvgIpc) is 2.87. The fourth-order valence-corrected chi connectivity index (χ4v) is 3.09. The second-order valence-electron chi connectivity index (χ2n) is 4.70. The van der Waals surface area contributed by atoms with Gasteiger partial charge in [-0.25, -0.2) is 0 Å². The van der Waals surface area contributed by atoms with Crippen LogP contribution in [-0.4, -0.2) is 66.1 Å². The second-order valence-corrected chi connectivity index (χ2v) is 5.79. The van der Waals surface area contributed by atoms with Crippen molar-refractivity contribution in [3.63, 3.8) is 0 Å². The summed E-state index contributed by atoms with van der Waals surface area (Å²) < 4.78 is 0. The van der Waals surface area contributed by atoms with Crippen molar-refractivity contribution in [3.05, 3.63) is 17.0 Å². The summed E-state index contributed by atoms with van der Waals surface area (Å²) >= 11 is 1.30. The number of amides is 2. The average molecular weight is 297 g/mol. The van der Waals surface area contributed by atoms with Gasteiger partial charge in [0.15, 0.2) is 0 Å². The number of hydrogen-bond acceptors (Lipinski definition) is 5. The fraction of sp³-hybridized carbons (Fsp3) is 0.538. The van der Waals surface area contributed by atoms with Crippen molar-refractivity contribution < 1.29 is 14.7 Å².